The van der Waals surface area contributed by atoms with E-state index in [9.17, 15) is 19.2 Å². The average Bonchev–Trinajstić information content (AvgIpc) is 3.03. The molecule has 0 saturated heterocycles. The van der Waals surface area contributed by atoms with Crippen molar-refractivity contribution < 1.29 is 19.1 Å². The second kappa shape index (κ2) is 8.14. The minimum absolute atomic E-state index is 0.241. The summed E-state index contributed by atoms with van der Waals surface area (Å²) in [4.78, 5) is 56.3. The lowest BCUT2D eigenvalue weighted by Crippen LogP contribution is -2.49. The van der Waals surface area contributed by atoms with Gasteiger partial charge in [0, 0.05) is 12.3 Å². The summed E-state index contributed by atoms with van der Waals surface area (Å²) in [5, 5.41) is 0. The van der Waals surface area contributed by atoms with Gasteiger partial charge in [0.15, 0.2) is 0 Å². The molecule has 0 unspecified atom stereocenters. The predicted octanol–water partition coefficient (Wildman–Crippen LogP) is 2.45. The van der Waals surface area contributed by atoms with Crippen LogP contribution in [0.25, 0.3) is 5.65 Å². The lowest BCUT2D eigenvalue weighted by molar-refractivity contribution is -0.151. The van der Waals surface area contributed by atoms with E-state index in [1.165, 1.54) is 10.5 Å². The van der Waals surface area contributed by atoms with E-state index < -0.39 is 23.8 Å². The van der Waals surface area contributed by atoms with E-state index in [1.54, 1.807) is 55.6 Å². The molecule has 0 aliphatic carbocycles. The molecular formula is C23H21N3O5. The quantitative estimate of drug-likeness (QED) is 0.450. The first-order chi connectivity index (χ1) is 14.9. The molecule has 2 amide bonds. The van der Waals surface area contributed by atoms with Crippen molar-refractivity contribution in [2.24, 2.45) is 5.92 Å². The Morgan fingerprint density at radius 3 is 2.32 bits per heavy atom. The molecule has 0 saturated carbocycles. The zero-order valence-corrected chi connectivity index (χ0v) is 17.1. The van der Waals surface area contributed by atoms with Crippen LogP contribution in [0.1, 0.15) is 46.7 Å². The Kier molecular flexibility index (Phi) is 5.37. The monoisotopic (exact) mass is 419 g/mol. The second-order valence-corrected chi connectivity index (χ2v) is 7.48. The molecule has 3 heterocycles. The fourth-order valence-corrected chi connectivity index (χ4v) is 3.68. The van der Waals surface area contributed by atoms with Gasteiger partial charge in [-0.05, 0) is 30.2 Å². The Morgan fingerprint density at radius 1 is 1.03 bits per heavy atom. The highest BCUT2D eigenvalue weighted by atomic mass is 16.5. The normalized spacial score (nSPS) is 15.1. The Hall–Kier alpha value is -3.81. The summed E-state index contributed by atoms with van der Waals surface area (Å²) in [6, 6.07) is 11.9. The van der Waals surface area contributed by atoms with Crippen LogP contribution in [0.2, 0.25) is 0 Å². The lowest BCUT2D eigenvalue weighted by atomic mass is 9.97. The SMILES string of the molecule is CC[C@H](C)[C@@H](C(=O)OCc1cc(=O)n2ccccc2n1)N1C(=O)c2ccccc2C1=O. The molecular weight excluding hydrogens is 398 g/mol. The maximum Gasteiger partial charge on any atom is 0.330 e. The van der Waals surface area contributed by atoms with Gasteiger partial charge < -0.3 is 4.74 Å². The van der Waals surface area contributed by atoms with Crippen LogP contribution in [-0.2, 0) is 16.1 Å². The maximum absolute atomic E-state index is 13.0. The largest absolute Gasteiger partial charge is 0.458 e. The Morgan fingerprint density at radius 2 is 1.68 bits per heavy atom. The Bertz CT molecular complexity index is 1210. The Labute approximate surface area is 178 Å². The van der Waals surface area contributed by atoms with E-state index >= 15 is 0 Å². The number of fused-ring (bicyclic) bond motifs is 2. The third-order valence-corrected chi connectivity index (χ3v) is 5.51. The number of pyridine rings is 1. The number of aromatic nitrogens is 2. The van der Waals surface area contributed by atoms with E-state index in [2.05, 4.69) is 4.98 Å². The smallest absolute Gasteiger partial charge is 0.330 e. The zero-order valence-electron chi connectivity index (χ0n) is 17.1. The highest BCUT2D eigenvalue weighted by molar-refractivity contribution is 6.22. The summed E-state index contributed by atoms with van der Waals surface area (Å²) in [5.41, 5.74) is 0.973. The maximum atomic E-state index is 13.0. The number of ether oxygens (including phenoxy) is 1. The first-order valence-corrected chi connectivity index (χ1v) is 10.0. The summed E-state index contributed by atoms with van der Waals surface area (Å²) in [6.45, 7) is 3.42. The van der Waals surface area contributed by atoms with Crippen LogP contribution in [0.5, 0.6) is 0 Å². The molecule has 2 atom stereocenters. The molecule has 0 spiro atoms. The van der Waals surface area contributed by atoms with Crippen LogP contribution in [0.3, 0.4) is 0 Å². The van der Waals surface area contributed by atoms with Crippen LogP contribution in [0.4, 0.5) is 0 Å². The average molecular weight is 419 g/mol. The van der Waals surface area contributed by atoms with Crippen molar-refractivity contribution >= 4 is 23.4 Å². The summed E-state index contributed by atoms with van der Waals surface area (Å²) < 4.78 is 6.81. The van der Waals surface area contributed by atoms with Gasteiger partial charge in [0.05, 0.1) is 16.8 Å². The molecule has 31 heavy (non-hydrogen) atoms. The van der Waals surface area contributed by atoms with E-state index in [1.807, 2.05) is 6.92 Å². The van der Waals surface area contributed by atoms with Crippen LogP contribution >= 0.6 is 0 Å². The van der Waals surface area contributed by atoms with Crippen LogP contribution < -0.4 is 5.56 Å². The number of esters is 1. The Balaban J connectivity index is 1.58. The van der Waals surface area contributed by atoms with Gasteiger partial charge in [0.1, 0.15) is 18.3 Å². The third kappa shape index (κ3) is 3.61. The van der Waals surface area contributed by atoms with Gasteiger partial charge in [-0.3, -0.25) is 23.7 Å². The standard InChI is InChI=1S/C23H21N3O5/c1-3-14(2)20(26-21(28)16-8-4-5-9-17(16)22(26)29)23(30)31-13-15-12-19(27)25-11-7-6-10-18(25)24-15/h4-12,14,20H,3,13H2,1-2H3/t14-,20-/m0/s1. The third-order valence-electron chi connectivity index (χ3n) is 5.51. The van der Waals surface area contributed by atoms with E-state index in [4.69, 9.17) is 4.74 Å². The number of hydrogen-bond donors (Lipinski definition) is 0. The van der Waals surface area contributed by atoms with Gasteiger partial charge in [-0.25, -0.2) is 9.78 Å². The van der Waals surface area contributed by atoms with Crippen molar-refractivity contribution in [2.75, 3.05) is 0 Å². The first kappa shape index (κ1) is 20.5. The summed E-state index contributed by atoms with van der Waals surface area (Å²) in [7, 11) is 0. The number of hydrogen-bond acceptors (Lipinski definition) is 6. The molecule has 2 aromatic heterocycles. The molecule has 1 aliphatic rings. The number of carbonyl (C=O) groups excluding carboxylic acids is 3. The van der Waals surface area contributed by atoms with E-state index in [0.29, 0.717) is 12.1 Å². The van der Waals surface area contributed by atoms with E-state index in [-0.39, 0.29) is 34.9 Å². The van der Waals surface area contributed by atoms with Crippen molar-refractivity contribution in [1.29, 1.82) is 0 Å². The van der Waals surface area contributed by atoms with Gasteiger partial charge in [-0.15, -0.1) is 0 Å². The minimum atomic E-state index is -1.07. The first-order valence-electron chi connectivity index (χ1n) is 10.0. The number of nitrogens with zero attached hydrogens (tertiary/aromatic N) is 3. The van der Waals surface area contributed by atoms with Gasteiger partial charge in [-0.1, -0.05) is 38.5 Å². The summed E-state index contributed by atoms with van der Waals surface area (Å²) >= 11 is 0. The number of imide groups is 1. The van der Waals surface area contributed by atoms with Gasteiger partial charge in [0.2, 0.25) is 0 Å². The predicted molar refractivity (Wildman–Crippen MR) is 111 cm³/mol. The fraction of sp³-hybridized carbons (Fsp3) is 0.261. The molecule has 0 N–H and O–H groups in total. The molecule has 1 aliphatic heterocycles. The van der Waals surface area contributed by atoms with Gasteiger partial charge >= 0.3 is 5.97 Å². The van der Waals surface area contributed by atoms with Crippen molar-refractivity contribution in [3.8, 4) is 0 Å². The topological polar surface area (TPSA) is 98.1 Å². The van der Waals surface area contributed by atoms with Crippen molar-refractivity contribution in [2.45, 2.75) is 32.9 Å². The molecule has 8 nitrogen and oxygen atoms in total. The minimum Gasteiger partial charge on any atom is -0.458 e. The molecule has 3 aromatic rings. The summed E-state index contributed by atoms with van der Waals surface area (Å²) in [6.07, 6.45) is 2.16. The van der Waals surface area contributed by atoms with Gasteiger partial charge in [0.25, 0.3) is 17.4 Å². The van der Waals surface area contributed by atoms with E-state index in [0.717, 1.165) is 4.90 Å². The van der Waals surface area contributed by atoms with Crippen molar-refractivity contribution in [3.05, 3.63) is 81.9 Å². The molecule has 0 fully saturated rings. The van der Waals surface area contributed by atoms with Crippen molar-refractivity contribution in [3.63, 3.8) is 0 Å². The highest BCUT2D eigenvalue weighted by Crippen LogP contribution is 2.28. The number of amides is 2. The van der Waals surface area contributed by atoms with Crippen LogP contribution in [0.15, 0.2) is 59.5 Å². The molecule has 0 bridgehead atoms. The summed E-state index contributed by atoms with van der Waals surface area (Å²) in [5.74, 6) is -2.04. The van der Waals surface area contributed by atoms with Crippen LogP contribution in [0, 0.1) is 5.92 Å². The number of carbonyl (C=O) groups is 3. The number of rotatable bonds is 6. The van der Waals surface area contributed by atoms with Gasteiger partial charge in [-0.2, -0.15) is 0 Å². The number of benzene rings is 1. The fourth-order valence-electron chi connectivity index (χ4n) is 3.68. The van der Waals surface area contributed by atoms with Crippen molar-refractivity contribution in [1.82, 2.24) is 14.3 Å². The molecule has 8 heteroatoms. The van der Waals surface area contributed by atoms with Crippen LogP contribution in [-0.4, -0.2) is 38.1 Å². The molecule has 4 rings (SSSR count). The lowest BCUT2D eigenvalue weighted by Gasteiger charge is -2.28. The molecule has 1 aromatic carbocycles. The highest BCUT2D eigenvalue weighted by Gasteiger charge is 2.45. The molecule has 158 valence electrons. The second-order valence-electron chi connectivity index (χ2n) is 7.48. The zero-order chi connectivity index (χ0) is 22.1. The molecule has 0 radical (unpaired) electrons.